The molecule has 0 aliphatic carbocycles. The second-order valence-electron chi connectivity index (χ2n) is 4.72. The second kappa shape index (κ2) is 5.47. The molecule has 0 aromatic heterocycles. The summed E-state index contributed by atoms with van der Waals surface area (Å²) in [6.07, 6.45) is 0. The van der Waals surface area contributed by atoms with Gasteiger partial charge in [-0.2, -0.15) is 0 Å². The SMILES string of the molecule is O=C1CN2CCN3CC(=O)[O][Bi]([O]1)([O]C(=O)C2)[O]C(=O)C3. The van der Waals surface area contributed by atoms with Gasteiger partial charge in [0.1, 0.15) is 0 Å². The predicted octanol–water partition coefficient (Wildman–Crippen LogP) is -2.76. The summed E-state index contributed by atoms with van der Waals surface area (Å²) in [6.45, 7) is -0.0199. The summed E-state index contributed by atoms with van der Waals surface area (Å²) >= 11 is -5.41. The van der Waals surface area contributed by atoms with Crippen LogP contribution in [0.3, 0.4) is 0 Å². The Morgan fingerprint density at radius 1 is 0.619 bits per heavy atom. The van der Waals surface area contributed by atoms with Crippen molar-refractivity contribution in [1.29, 1.82) is 0 Å². The van der Waals surface area contributed by atoms with Gasteiger partial charge in [0, 0.05) is 0 Å². The van der Waals surface area contributed by atoms with Crippen LogP contribution in [0.15, 0.2) is 0 Å². The molecule has 0 unspecified atom stereocenters. The third kappa shape index (κ3) is 3.30. The van der Waals surface area contributed by atoms with Crippen LogP contribution in [0.25, 0.3) is 0 Å². The quantitative estimate of drug-likeness (QED) is 0.327. The number of fused-ring (bicyclic) bond motifs is 4. The molecule has 0 amide bonds. The first-order valence-corrected chi connectivity index (χ1v) is 11.9. The maximum absolute atomic E-state index is 11.8. The minimum atomic E-state index is -5.41. The molecule has 10 nitrogen and oxygen atoms in total. The fraction of sp³-hybridized carbons (Fsp3) is 0.600. The first-order valence-electron chi connectivity index (χ1n) is 6.17. The molecule has 5 rings (SSSR count). The molecule has 3 bridgehead atoms. The molecule has 11 heteroatoms. The van der Waals surface area contributed by atoms with Crippen molar-refractivity contribution >= 4 is 45.9 Å². The molecule has 0 aromatic rings. The molecule has 1 radical (unpaired) electrons. The summed E-state index contributed by atoms with van der Waals surface area (Å²) in [4.78, 5) is 50.4. The molecule has 5 fully saturated rings. The zero-order chi connectivity index (χ0) is 15.0. The summed E-state index contributed by atoms with van der Waals surface area (Å²) in [5, 5.41) is 0. The summed E-state index contributed by atoms with van der Waals surface area (Å²) < 4.78 is 20.0. The van der Waals surface area contributed by atoms with Crippen LogP contribution in [-0.4, -0.2) is 95.0 Å². The molecular weight excluding hydrogens is 485 g/mol. The van der Waals surface area contributed by atoms with E-state index in [4.69, 9.17) is 11.3 Å². The van der Waals surface area contributed by atoms with Gasteiger partial charge in [-0.15, -0.1) is 0 Å². The summed E-state index contributed by atoms with van der Waals surface area (Å²) in [7, 11) is 0. The van der Waals surface area contributed by atoms with E-state index < -0.39 is 45.9 Å². The Kier molecular flexibility index (Phi) is 3.81. The Morgan fingerprint density at radius 3 is 1.19 bits per heavy atom. The molecule has 115 valence electrons. The first kappa shape index (κ1) is 14.6. The van der Waals surface area contributed by atoms with Crippen molar-refractivity contribution in [2.45, 2.75) is 0 Å². The molecule has 5 heterocycles. The molecule has 5 aliphatic rings. The Hall–Kier alpha value is -1.32. The average molecular weight is 497 g/mol. The van der Waals surface area contributed by atoms with Crippen LogP contribution in [0.5, 0.6) is 0 Å². The van der Waals surface area contributed by atoms with Crippen molar-refractivity contribution in [1.82, 2.24) is 9.80 Å². The molecule has 21 heavy (non-hydrogen) atoms. The maximum atomic E-state index is 11.8. The zero-order valence-corrected chi connectivity index (χ0v) is 14.3. The Morgan fingerprint density at radius 2 is 0.905 bits per heavy atom. The van der Waals surface area contributed by atoms with Crippen LogP contribution in [0.2, 0.25) is 0 Å². The van der Waals surface area contributed by atoms with Crippen LogP contribution < -0.4 is 0 Å². The van der Waals surface area contributed by atoms with Crippen LogP contribution >= 0.6 is 0 Å². The van der Waals surface area contributed by atoms with Gasteiger partial charge in [0.15, 0.2) is 0 Å². The van der Waals surface area contributed by atoms with Crippen LogP contribution in [-0.2, 0) is 30.4 Å². The van der Waals surface area contributed by atoms with Gasteiger partial charge in [-0.05, 0) is 0 Å². The van der Waals surface area contributed by atoms with E-state index in [0.29, 0.717) is 13.1 Å². The van der Waals surface area contributed by atoms with Gasteiger partial charge in [-0.1, -0.05) is 0 Å². The summed E-state index contributed by atoms with van der Waals surface area (Å²) in [5.74, 6) is -2.96. The third-order valence-electron chi connectivity index (χ3n) is 3.00. The van der Waals surface area contributed by atoms with Gasteiger partial charge in [-0.25, -0.2) is 0 Å². The Labute approximate surface area is 125 Å². The van der Waals surface area contributed by atoms with Gasteiger partial charge in [-0.3, -0.25) is 0 Å². The summed E-state index contributed by atoms with van der Waals surface area (Å²) in [6, 6.07) is 0. The third-order valence-corrected chi connectivity index (χ3v) is 9.64. The average Bonchev–Trinajstić information content (AvgIpc) is 2.35. The zero-order valence-electron chi connectivity index (χ0n) is 10.9. The molecule has 5 saturated heterocycles. The van der Waals surface area contributed by atoms with E-state index in [2.05, 4.69) is 0 Å². The van der Waals surface area contributed by atoms with Gasteiger partial charge >= 0.3 is 125 Å². The first-order chi connectivity index (χ1) is 9.94. The number of nitrogens with zero attached hydrogens (tertiary/aromatic N) is 2. The van der Waals surface area contributed by atoms with Gasteiger partial charge < -0.3 is 0 Å². The molecule has 0 aromatic carbocycles. The van der Waals surface area contributed by atoms with E-state index >= 15 is 0 Å². The van der Waals surface area contributed by atoms with E-state index in [1.54, 1.807) is 0 Å². The van der Waals surface area contributed by atoms with Gasteiger partial charge in [0.2, 0.25) is 0 Å². The molecule has 1 spiro atoms. The van der Waals surface area contributed by atoms with Crippen LogP contribution in [0.1, 0.15) is 0 Å². The molecule has 5 aliphatic heterocycles. The fourth-order valence-electron chi connectivity index (χ4n) is 2.17. The molecule has 0 saturated carbocycles. The minimum absolute atomic E-state index is 0.155. The predicted molar refractivity (Wildman–Crippen MR) is 63.0 cm³/mol. The number of rotatable bonds is 0. The van der Waals surface area contributed by atoms with E-state index in [9.17, 15) is 19.2 Å². The standard InChI is InChI=1S/C10H16N2O8.Bi/c13-7(14)3-11(4-8(15)16)1-2-12(5-9(17)18)6-10(19)20;/h1-6H2,(H,13,14)(H,15,16)(H,17,18)(H,19,20);/q;+4/p-4. The second-order valence-corrected chi connectivity index (χ2v) is 11.0. The Balaban J connectivity index is 2.04. The number of carbonyl (C=O) groups excluding carboxylic acids is 4. The van der Waals surface area contributed by atoms with Crippen molar-refractivity contribution in [3.63, 3.8) is 0 Å². The van der Waals surface area contributed by atoms with Crippen molar-refractivity contribution in [3.05, 3.63) is 0 Å². The molecule has 0 N–H and O–H groups in total. The molecular formula is C10H12BiN2O8. The fourth-order valence-corrected chi connectivity index (χ4v) is 7.81. The van der Waals surface area contributed by atoms with Crippen LogP contribution in [0.4, 0.5) is 0 Å². The molecule has 0 atom stereocenters. The number of hydrogen-bond donors (Lipinski definition) is 0. The van der Waals surface area contributed by atoms with Crippen molar-refractivity contribution < 1.29 is 30.4 Å². The van der Waals surface area contributed by atoms with Crippen molar-refractivity contribution in [2.75, 3.05) is 39.3 Å². The normalized spacial score (nSPS) is 36.6. The Bertz CT molecular complexity index is 434. The van der Waals surface area contributed by atoms with E-state index in [0.717, 1.165) is 0 Å². The van der Waals surface area contributed by atoms with Gasteiger partial charge in [0.25, 0.3) is 0 Å². The van der Waals surface area contributed by atoms with Crippen molar-refractivity contribution in [3.8, 4) is 0 Å². The van der Waals surface area contributed by atoms with E-state index in [1.165, 1.54) is 9.80 Å². The van der Waals surface area contributed by atoms with Crippen LogP contribution in [0, 0.1) is 0 Å². The van der Waals surface area contributed by atoms with E-state index in [-0.39, 0.29) is 26.2 Å². The number of carbonyl (C=O) groups is 4. The summed E-state index contributed by atoms with van der Waals surface area (Å²) in [5.41, 5.74) is 0. The number of hydrogen-bond acceptors (Lipinski definition) is 10. The van der Waals surface area contributed by atoms with E-state index in [1.807, 2.05) is 0 Å². The van der Waals surface area contributed by atoms with Crippen molar-refractivity contribution in [2.24, 2.45) is 0 Å². The van der Waals surface area contributed by atoms with Gasteiger partial charge in [0.05, 0.1) is 0 Å². The monoisotopic (exact) mass is 497 g/mol. The topological polar surface area (TPSA) is 112 Å².